The molecule has 1 aliphatic rings. The van der Waals surface area contributed by atoms with E-state index in [1.165, 1.54) is 0 Å². The Morgan fingerprint density at radius 3 is 2.55 bits per heavy atom. The molecule has 22 heavy (non-hydrogen) atoms. The van der Waals surface area contributed by atoms with Crippen molar-refractivity contribution in [1.29, 1.82) is 0 Å². The molecule has 0 spiro atoms. The van der Waals surface area contributed by atoms with Gasteiger partial charge in [0.15, 0.2) is 0 Å². The number of rotatable bonds is 6. The van der Waals surface area contributed by atoms with E-state index in [2.05, 4.69) is 5.32 Å². The summed E-state index contributed by atoms with van der Waals surface area (Å²) in [6, 6.07) is 9.49. The van der Waals surface area contributed by atoms with Crippen molar-refractivity contribution in [1.82, 2.24) is 10.2 Å². The summed E-state index contributed by atoms with van der Waals surface area (Å²) in [5.74, 6) is 1.41. The Kier molecular flexibility index (Phi) is 6.25. The quantitative estimate of drug-likeness (QED) is 0.872. The van der Waals surface area contributed by atoms with Crippen molar-refractivity contribution >= 4 is 11.8 Å². The van der Waals surface area contributed by atoms with E-state index in [1.54, 1.807) is 6.92 Å². The largest absolute Gasteiger partial charge is 0.493 e. The molecule has 0 aliphatic carbocycles. The van der Waals surface area contributed by atoms with E-state index in [0.29, 0.717) is 25.5 Å². The van der Waals surface area contributed by atoms with Crippen LogP contribution in [0, 0.1) is 5.92 Å². The van der Waals surface area contributed by atoms with Crippen molar-refractivity contribution in [3.8, 4) is 5.75 Å². The van der Waals surface area contributed by atoms with E-state index in [0.717, 1.165) is 31.7 Å². The molecule has 0 unspecified atom stereocenters. The molecule has 1 N–H and O–H groups in total. The number of nitrogens with zero attached hydrogens (tertiary/aromatic N) is 1. The first-order chi connectivity index (χ1) is 10.6. The highest BCUT2D eigenvalue weighted by Crippen LogP contribution is 2.16. The second kappa shape index (κ2) is 8.41. The fraction of sp³-hybridized carbons (Fsp3) is 0.529. The molecule has 0 radical (unpaired) electrons. The van der Waals surface area contributed by atoms with Gasteiger partial charge in [-0.15, -0.1) is 0 Å². The van der Waals surface area contributed by atoms with E-state index in [4.69, 9.17) is 4.74 Å². The lowest BCUT2D eigenvalue weighted by Gasteiger charge is -2.31. The van der Waals surface area contributed by atoms with Crippen LogP contribution in [0.1, 0.15) is 26.2 Å². The van der Waals surface area contributed by atoms with Gasteiger partial charge in [-0.2, -0.15) is 0 Å². The summed E-state index contributed by atoms with van der Waals surface area (Å²) in [7, 11) is 0. The molecule has 0 atom stereocenters. The first-order valence-electron chi connectivity index (χ1n) is 7.85. The number of hydrogen-bond donors (Lipinski definition) is 1. The molecule has 1 aliphatic heterocycles. The van der Waals surface area contributed by atoms with Gasteiger partial charge in [-0.3, -0.25) is 9.59 Å². The highest BCUT2D eigenvalue weighted by atomic mass is 16.5. The second-order valence-corrected chi connectivity index (χ2v) is 5.67. The molecule has 120 valence electrons. The highest BCUT2D eigenvalue weighted by molar-refractivity contribution is 5.76. The third-order valence-corrected chi connectivity index (χ3v) is 3.99. The zero-order chi connectivity index (χ0) is 15.8. The first kappa shape index (κ1) is 16.3. The van der Waals surface area contributed by atoms with Gasteiger partial charge >= 0.3 is 0 Å². The minimum Gasteiger partial charge on any atom is -0.493 e. The summed E-state index contributed by atoms with van der Waals surface area (Å²) in [5, 5.41) is 2.96. The molecule has 2 amide bonds. The molecule has 1 saturated heterocycles. The maximum absolute atomic E-state index is 11.8. The molecule has 1 heterocycles. The SMILES string of the molecule is CC(=O)N1CCC(CNC(=O)CCOc2ccccc2)CC1. The number of likely N-dealkylation sites (tertiary alicyclic amines) is 1. The van der Waals surface area contributed by atoms with Gasteiger partial charge in [0.1, 0.15) is 5.75 Å². The average molecular weight is 304 g/mol. The van der Waals surface area contributed by atoms with E-state index >= 15 is 0 Å². The minimum absolute atomic E-state index is 0.0185. The van der Waals surface area contributed by atoms with E-state index in [-0.39, 0.29) is 11.8 Å². The number of benzene rings is 1. The summed E-state index contributed by atoms with van der Waals surface area (Å²) in [6.07, 6.45) is 2.28. The van der Waals surface area contributed by atoms with Crippen LogP contribution in [-0.2, 0) is 9.59 Å². The zero-order valence-electron chi connectivity index (χ0n) is 13.1. The Hall–Kier alpha value is -2.04. The van der Waals surface area contributed by atoms with Crippen LogP contribution in [0.4, 0.5) is 0 Å². The Bertz CT molecular complexity index is 482. The summed E-state index contributed by atoms with van der Waals surface area (Å²) in [4.78, 5) is 24.9. The maximum Gasteiger partial charge on any atom is 0.223 e. The Balaban J connectivity index is 1.57. The van der Waals surface area contributed by atoms with Crippen molar-refractivity contribution in [2.24, 2.45) is 5.92 Å². The highest BCUT2D eigenvalue weighted by Gasteiger charge is 2.20. The van der Waals surface area contributed by atoms with Gasteiger partial charge < -0.3 is 15.0 Å². The van der Waals surface area contributed by atoms with E-state index in [1.807, 2.05) is 35.2 Å². The number of piperidine rings is 1. The molecule has 5 heteroatoms. The molecule has 2 rings (SSSR count). The monoisotopic (exact) mass is 304 g/mol. The molecule has 0 aromatic heterocycles. The van der Waals surface area contributed by atoms with Crippen LogP contribution in [0.25, 0.3) is 0 Å². The van der Waals surface area contributed by atoms with Crippen LogP contribution in [0.3, 0.4) is 0 Å². The maximum atomic E-state index is 11.8. The molecule has 1 aromatic rings. The topological polar surface area (TPSA) is 58.6 Å². The Morgan fingerprint density at radius 2 is 1.91 bits per heavy atom. The predicted molar refractivity (Wildman–Crippen MR) is 84.5 cm³/mol. The normalized spacial score (nSPS) is 15.4. The number of carbonyl (C=O) groups excluding carboxylic acids is 2. The van der Waals surface area contributed by atoms with Crippen molar-refractivity contribution in [3.63, 3.8) is 0 Å². The number of ether oxygens (including phenoxy) is 1. The molecular weight excluding hydrogens is 280 g/mol. The summed E-state index contributed by atoms with van der Waals surface area (Å²) >= 11 is 0. The van der Waals surface area contributed by atoms with Crippen LogP contribution in [0.15, 0.2) is 30.3 Å². The standard InChI is InChI=1S/C17H24N2O3/c1-14(20)19-10-7-15(8-11-19)13-18-17(21)9-12-22-16-5-3-2-4-6-16/h2-6,15H,7-13H2,1H3,(H,18,21). The summed E-state index contributed by atoms with van der Waals surface area (Å²) in [6.45, 7) is 4.28. The van der Waals surface area contributed by atoms with Gasteiger partial charge in [0.05, 0.1) is 13.0 Å². The van der Waals surface area contributed by atoms with E-state index in [9.17, 15) is 9.59 Å². The van der Waals surface area contributed by atoms with Gasteiger partial charge in [-0.25, -0.2) is 0 Å². The van der Waals surface area contributed by atoms with Crippen LogP contribution < -0.4 is 10.1 Å². The fourth-order valence-electron chi connectivity index (χ4n) is 2.58. The van der Waals surface area contributed by atoms with Gasteiger partial charge in [-0.1, -0.05) is 18.2 Å². The second-order valence-electron chi connectivity index (χ2n) is 5.67. The average Bonchev–Trinajstić information content (AvgIpc) is 2.54. The zero-order valence-corrected chi connectivity index (χ0v) is 13.1. The third kappa shape index (κ3) is 5.39. The van der Waals surface area contributed by atoms with Crippen LogP contribution >= 0.6 is 0 Å². The van der Waals surface area contributed by atoms with Crippen LogP contribution in [0.2, 0.25) is 0 Å². The van der Waals surface area contributed by atoms with Gasteiger partial charge in [0.2, 0.25) is 11.8 Å². The first-order valence-corrected chi connectivity index (χ1v) is 7.85. The number of carbonyl (C=O) groups is 2. The molecule has 1 fully saturated rings. The number of hydrogen-bond acceptors (Lipinski definition) is 3. The fourth-order valence-corrected chi connectivity index (χ4v) is 2.58. The summed E-state index contributed by atoms with van der Waals surface area (Å²) in [5.41, 5.74) is 0. The molecular formula is C17H24N2O3. The smallest absolute Gasteiger partial charge is 0.223 e. The molecule has 5 nitrogen and oxygen atoms in total. The van der Waals surface area contributed by atoms with E-state index < -0.39 is 0 Å². The number of amides is 2. The van der Waals surface area contributed by atoms with Gasteiger partial charge in [0, 0.05) is 26.6 Å². The van der Waals surface area contributed by atoms with Crippen molar-refractivity contribution < 1.29 is 14.3 Å². The lowest BCUT2D eigenvalue weighted by Crippen LogP contribution is -2.40. The number of nitrogens with one attached hydrogen (secondary N) is 1. The third-order valence-electron chi connectivity index (χ3n) is 3.99. The lowest BCUT2D eigenvalue weighted by atomic mass is 9.97. The molecule has 1 aromatic carbocycles. The van der Waals surface area contributed by atoms with Crippen molar-refractivity contribution in [2.75, 3.05) is 26.2 Å². The lowest BCUT2D eigenvalue weighted by molar-refractivity contribution is -0.130. The Labute approximate surface area is 131 Å². The molecule has 0 saturated carbocycles. The van der Waals surface area contributed by atoms with Crippen LogP contribution in [0.5, 0.6) is 5.75 Å². The van der Waals surface area contributed by atoms with Crippen molar-refractivity contribution in [3.05, 3.63) is 30.3 Å². The molecule has 0 bridgehead atoms. The van der Waals surface area contributed by atoms with Gasteiger partial charge in [-0.05, 0) is 30.9 Å². The minimum atomic E-state index is 0.0185. The Morgan fingerprint density at radius 1 is 1.23 bits per heavy atom. The summed E-state index contributed by atoms with van der Waals surface area (Å²) < 4.78 is 5.50. The van der Waals surface area contributed by atoms with Crippen molar-refractivity contribution in [2.45, 2.75) is 26.2 Å². The predicted octanol–water partition coefficient (Wildman–Crippen LogP) is 1.83. The van der Waals surface area contributed by atoms with Gasteiger partial charge in [0.25, 0.3) is 0 Å². The van der Waals surface area contributed by atoms with Crippen LogP contribution in [-0.4, -0.2) is 43.0 Å². The number of para-hydroxylation sites is 1.